The van der Waals surface area contributed by atoms with Gasteiger partial charge in [0, 0.05) is 6.42 Å². The molecule has 0 heterocycles. The van der Waals surface area contributed by atoms with Crippen LogP contribution in [0, 0.1) is 5.92 Å². The van der Waals surface area contributed by atoms with Gasteiger partial charge in [-0.1, -0.05) is 38.5 Å². The first-order valence-corrected chi connectivity index (χ1v) is 8.78. The Morgan fingerprint density at radius 1 is 0.900 bits per heavy atom. The molecule has 0 aromatic carbocycles. The number of hydrogen-bond acceptors (Lipinski definition) is 2. The maximum atomic E-state index is 6.19. The molecule has 2 aliphatic carbocycles. The number of nitrogens with zero attached hydrogens (tertiary/aromatic N) is 1. The zero-order valence-corrected chi connectivity index (χ0v) is 13.8. The molecule has 0 aliphatic heterocycles. The molecule has 2 fully saturated rings. The van der Waals surface area contributed by atoms with Crippen molar-refractivity contribution in [1.82, 2.24) is 0 Å². The van der Waals surface area contributed by atoms with E-state index in [0.717, 1.165) is 18.2 Å². The second-order valence-corrected chi connectivity index (χ2v) is 7.74. The molecule has 0 amide bonds. The molecule has 0 unspecified atom stereocenters. The van der Waals surface area contributed by atoms with Crippen molar-refractivity contribution in [2.45, 2.75) is 103 Å². The lowest BCUT2D eigenvalue weighted by atomic mass is 9.87. The third-order valence-corrected chi connectivity index (χ3v) is 4.51. The summed E-state index contributed by atoms with van der Waals surface area (Å²) in [6.07, 6.45) is 14.7. The van der Waals surface area contributed by atoms with Gasteiger partial charge in [0.15, 0.2) is 5.90 Å². The molecule has 0 aromatic rings. The van der Waals surface area contributed by atoms with Crippen LogP contribution in [-0.4, -0.2) is 17.5 Å². The molecular weight excluding hydrogens is 246 g/mol. The second-order valence-electron chi connectivity index (χ2n) is 7.74. The van der Waals surface area contributed by atoms with Gasteiger partial charge < -0.3 is 4.74 Å². The van der Waals surface area contributed by atoms with Crippen LogP contribution >= 0.6 is 0 Å². The Morgan fingerprint density at radius 3 is 2.00 bits per heavy atom. The van der Waals surface area contributed by atoms with E-state index in [9.17, 15) is 0 Å². The Labute approximate surface area is 125 Å². The van der Waals surface area contributed by atoms with E-state index in [4.69, 9.17) is 9.73 Å². The average Bonchev–Trinajstić information content (AvgIpc) is 2.39. The summed E-state index contributed by atoms with van der Waals surface area (Å²) in [5.74, 6) is 1.87. The minimum Gasteiger partial charge on any atom is -0.475 e. The molecule has 0 bridgehead atoms. The highest BCUT2D eigenvalue weighted by Crippen LogP contribution is 2.29. The lowest BCUT2D eigenvalue weighted by Gasteiger charge is -2.28. The molecule has 2 aliphatic rings. The molecular formula is C18H33NO. The minimum atomic E-state index is -0.109. The van der Waals surface area contributed by atoms with E-state index in [1.54, 1.807) is 0 Å². The van der Waals surface area contributed by atoms with Gasteiger partial charge in [-0.2, -0.15) is 0 Å². The van der Waals surface area contributed by atoms with Crippen molar-refractivity contribution in [3.63, 3.8) is 0 Å². The summed E-state index contributed by atoms with van der Waals surface area (Å²) in [4.78, 5) is 5.01. The van der Waals surface area contributed by atoms with Crippen molar-refractivity contribution in [1.29, 1.82) is 0 Å². The van der Waals surface area contributed by atoms with E-state index < -0.39 is 0 Å². The van der Waals surface area contributed by atoms with Gasteiger partial charge in [-0.05, 0) is 52.4 Å². The third-order valence-electron chi connectivity index (χ3n) is 4.51. The highest BCUT2D eigenvalue weighted by atomic mass is 16.5. The molecule has 2 rings (SSSR count). The first-order valence-electron chi connectivity index (χ1n) is 8.78. The Kier molecular flexibility index (Phi) is 5.92. The molecule has 116 valence electrons. The highest BCUT2D eigenvalue weighted by Gasteiger charge is 2.22. The monoisotopic (exact) mass is 279 g/mol. The van der Waals surface area contributed by atoms with Crippen LogP contribution in [0.2, 0.25) is 0 Å². The van der Waals surface area contributed by atoms with Gasteiger partial charge >= 0.3 is 0 Å². The van der Waals surface area contributed by atoms with Crippen LogP contribution < -0.4 is 0 Å². The van der Waals surface area contributed by atoms with Crippen LogP contribution in [0.25, 0.3) is 0 Å². The summed E-state index contributed by atoms with van der Waals surface area (Å²) in [6.45, 7) is 6.43. The van der Waals surface area contributed by atoms with Gasteiger partial charge in [-0.3, -0.25) is 4.99 Å². The average molecular weight is 279 g/mol. The normalized spacial score (nSPS) is 23.9. The fraction of sp³-hybridized carbons (Fsp3) is 0.944. The standard InChI is InChI=1S/C18H33NO/c1-18(2,3)20-17(14-15-10-6-4-7-11-15)19-16-12-8-5-9-13-16/h15-16H,4-14H2,1-3H3. The van der Waals surface area contributed by atoms with Crippen molar-refractivity contribution in [3.05, 3.63) is 0 Å². The van der Waals surface area contributed by atoms with Gasteiger partial charge in [-0.25, -0.2) is 0 Å². The van der Waals surface area contributed by atoms with Crippen LogP contribution in [0.3, 0.4) is 0 Å². The zero-order chi connectivity index (χ0) is 14.4. The molecule has 0 N–H and O–H groups in total. The van der Waals surface area contributed by atoms with Crippen LogP contribution in [0.1, 0.15) is 91.4 Å². The van der Waals surface area contributed by atoms with Crippen molar-refractivity contribution in [2.75, 3.05) is 0 Å². The van der Waals surface area contributed by atoms with Crippen molar-refractivity contribution < 1.29 is 4.74 Å². The number of hydrogen-bond donors (Lipinski definition) is 0. The first-order chi connectivity index (χ1) is 9.53. The van der Waals surface area contributed by atoms with E-state index in [1.165, 1.54) is 64.2 Å². The second kappa shape index (κ2) is 7.47. The Bertz CT molecular complexity index is 304. The fourth-order valence-electron chi connectivity index (χ4n) is 3.53. The van der Waals surface area contributed by atoms with Crippen LogP contribution in [-0.2, 0) is 4.74 Å². The molecule has 0 spiro atoms. The third kappa shape index (κ3) is 5.85. The zero-order valence-electron chi connectivity index (χ0n) is 13.8. The molecule has 20 heavy (non-hydrogen) atoms. The highest BCUT2D eigenvalue weighted by molar-refractivity contribution is 5.77. The maximum Gasteiger partial charge on any atom is 0.184 e. The first kappa shape index (κ1) is 15.9. The van der Waals surface area contributed by atoms with Gasteiger partial charge in [0.2, 0.25) is 0 Å². The topological polar surface area (TPSA) is 21.6 Å². The molecule has 0 aromatic heterocycles. The minimum absolute atomic E-state index is 0.109. The SMILES string of the molecule is CC(C)(C)OC(CC1CCCCC1)=NC1CCCCC1. The van der Waals surface area contributed by atoms with Gasteiger partial charge in [-0.15, -0.1) is 0 Å². The predicted molar refractivity (Wildman–Crippen MR) is 86.3 cm³/mol. The van der Waals surface area contributed by atoms with E-state index >= 15 is 0 Å². The largest absolute Gasteiger partial charge is 0.475 e. The van der Waals surface area contributed by atoms with Crippen molar-refractivity contribution >= 4 is 5.90 Å². The molecule has 0 radical (unpaired) electrons. The number of rotatable bonds is 3. The summed E-state index contributed by atoms with van der Waals surface area (Å²) >= 11 is 0. The summed E-state index contributed by atoms with van der Waals surface area (Å²) < 4.78 is 6.19. The molecule has 2 heteroatoms. The molecule has 0 atom stereocenters. The van der Waals surface area contributed by atoms with E-state index in [-0.39, 0.29) is 5.60 Å². The van der Waals surface area contributed by atoms with E-state index in [1.807, 2.05) is 0 Å². The lowest BCUT2D eigenvalue weighted by molar-refractivity contribution is 0.106. The summed E-state index contributed by atoms with van der Waals surface area (Å²) in [5, 5.41) is 0. The quantitative estimate of drug-likeness (QED) is 0.493. The summed E-state index contributed by atoms with van der Waals surface area (Å²) in [5.41, 5.74) is -0.109. The van der Waals surface area contributed by atoms with Gasteiger partial charge in [0.1, 0.15) is 5.60 Å². The summed E-state index contributed by atoms with van der Waals surface area (Å²) in [7, 11) is 0. The van der Waals surface area contributed by atoms with Crippen LogP contribution in [0.5, 0.6) is 0 Å². The lowest BCUT2D eigenvalue weighted by Crippen LogP contribution is -2.27. The Morgan fingerprint density at radius 2 is 1.45 bits per heavy atom. The van der Waals surface area contributed by atoms with E-state index in [0.29, 0.717) is 6.04 Å². The molecule has 2 saturated carbocycles. The molecule has 0 saturated heterocycles. The predicted octanol–water partition coefficient (Wildman–Crippen LogP) is 5.50. The maximum absolute atomic E-state index is 6.19. The van der Waals surface area contributed by atoms with Crippen LogP contribution in [0.4, 0.5) is 0 Å². The van der Waals surface area contributed by atoms with E-state index in [2.05, 4.69) is 20.8 Å². The van der Waals surface area contributed by atoms with Crippen molar-refractivity contribution in [2.24, 2.45) is 10.9 Å². The van der Waals surface area contributed by atoms with Gasteiger partial charge in [0.25, 0.3) is 0 Å². The van der Waals surface area contributed by atoms with Gasteiger partial charge in [0.05, 0.1) is 6.04 Å². The Hall–Kier alpha value is -0.530. The fourth-order valence-corrected chi connectivity index (χ4v) is 3.53. The van der Waals surface area contributed by atoms with Crippen molar-refractivity contribution in [3.8, 4) is 0 Å². The number of aliphatic imine (C=N–C) groups is 1. The smallest absolute Gasteiger partial charge is 0.184 e. The van der Waals surface area contributed by atoms with Crippen LogP contribution in [0.15, 0.2) is 4.99 Å². The molecule has 2 nitrogen and oxygen atoms in total. The Balaban J connectivity index is 1.96. The number of ether oxygens (including phenoxy) is 1. The summed E-state index contributed by atoms with van der Waals surface area (Å²) in [6, 6.07) is 0.532.